The number of carbonyl (C=O) groups is 1. The van der Waals surface area contributed by atoms with Gasteiger partial charge in [0.2, 0.25) is 0 Å². The molecule has 0 aliphatic heterocycles. The molecule has 0 amide bonds. The van der Waals surface area contributed by atoms with Crippen molar-refractivity contribution in [1.82, 2.24) is 19.9 Å². The van der Waals surface area contributed by atoms with Crippen molar-refractivity contribution in [1.29, 1.82) is 0 Å². The van der Waals surface area contributed by atoms with Gasteiger partial charge in [-0.25, -0.2) is 9.97 Å². The van der Waals surface area contributed by atoms with Crippen molar-refractivity contribution in [2.75, 3.05) is 37.2 Å². The van der Waals surface area contributed by atoms with Crippen LogP contribution < -0.4 is 15.0 Å². The number of nitrogens with zero attached hydrogens (tertiary/aromatic N) is 3. The van der Waals surface area contributed by atoms with Gasteiger partial charge in [0, 0.05) is 30.4 Å². The van der Waals surface area contributed by atoms with Crippen molar-refractivity contribution in [3.63, 3.8) is 0 Å². The summed E-state index contributed by atoms with van der Waals surface area (Å²) in [6.07, 6.45) is 0.586. The lowest BCUT2D eigenvalue weighted by atomic mass is 10.1. The van der Waals surface area contributed by atoms with Crippen LogP contribution in [0, 0.1) is 0 Å². The molecule has 0 spiro atoms. The maximum absolute atomic E-state index is 13.1. The number of aromatic amines is 1. The Morgan fingerprint density at radius 2 is 1.58 bits per heavy atom. The zero-order valence-electron chi connectivity index (χ0n) is 20.1. The normalized spacial score (nSPS) is 13.6. The molecule has 15 nitrogen and oxygen atoms in total. The first-order valence-electron chi connectivity index (χ1n) is 10.6. The van der Waals surface area contributed by atoms with E-state index in [0.717, 1.165) is 35.8 Å². The van der Waals surface area contributed by atoms with Gasteiger partial charge in [0.25, 0.3) is 37.7 Å². The number of rotatable bonds is 16. The van der Waals surface area contributed by atoms with Crippen LogP contribution in [0.25, 0.3) is 0 Å². The number of hydrogen-bond donors (Lipinski definition) is 4. The van der Waals surface area contributed by atoms with Gasteiger partial charge in [-0.05, 0) is 0 Å². The van der Waals surface area contributed by atoms with Crippen LogP contribution in [0.4, 0.5) is 0 Å². The number of methoxy groups -OCH3 is 2. The van der Waals surface area contributed by atoms with E-state index < -0.39 is 53.6 Å². The largest absolute Gasteiger partial charge is 0.502 e. The van der Waals surface area contributed by atoms with E-state index >= 15 is 0 Å². The van der Waals surface area contributed by atoms with Crippen molar-refractivity contribution in [3.8, 4) is 17.6 Å². The number of aromatic nitrogens is 4. The molecule has 0 bridgehead atoms. The molecule has 0 saturated heterocycles. The zero-order chi connectivity index (χ0) is 28.5. The number of ketones is 1. The maximum atomic E-state index is 13.1. The molecule has 2 unspecified atom stereocenters. The molecule has 2 aromatic rings. The Balaban J connectivity index is 2.30. The highest BCUT2D eigenvalue weighted by molar-refractivity contribution is 8.00. The number of ether oxygens (including phenoxy) is 2. The number of nitrogens with one attached hydrogen (secondary N) is 1. The van der Waals surface area contributed by atoms with Gasteiger partial charge in [-0.1, -0.05) is 0 Å². The average molecular weight is 615 g/mol. The first-order valence-corrected chi connectivity index (χ1v) is 15.9. The van der Waals surface area contributed by atoms with Crippen LogP contribution in [0.5, 0.6) is 17.6 Å². The van der Waals surface area contributed by atoms with Gasteiger partial charge in [0.05, 0.1) is 48.1 Å². The minimum Gasteiger partial charge on any atom is -0.502 e. The van der Waals surface area contributed by atoms with Gasteiger partial charge in [-0.2, -0.15) is 33.6 Å². The summed E-state index contributed by atoms with van der Waals surface area (Å²) < 4.78 is 72.6. The number of H-pyrrole nitrogens is 1. The van der Waals surface area contributed by atoms with E-state index in [2.05, 4.69) is 19.9 Å². The Bertz CT molecular complexity index is 1380. The summed E-state index contributed by atoms with van der Waals surface area (Å²) in [5, 5.41) is 8.16. The summed E-state index contributed by atoms with van der Waals surface area (Å²) in [6, 6.07) is 1.01. The van der Waals surface area contributed by atoms with Crippen LogP contribution in [0.3, 0.4) is 0 Å². The van der Waals surface area contributed by atoms with Crippen molar-refractivity contribution in [2.45, 2.75) is 23.3 Å². The van der Waals surface area contributed by atoms with Crippen molar-refractivity contribution in [3.05, 3.63) is 34.1 Å². The predicted molar refractivity (Wildman–Crippen MR) is 139 cm³/mol. The Morgan fingerprint density at radius 3 is 2.13 bits per heavy atom. The molecule has 2 atom stereocenters. The number of Topliss-reactive ketones (excluding diaryl/α,β-unsaturated/α-hetero) is 1. The van der Waals surface area contributed by atoms with E-state index in [4.69, 9.17) is 18.6 Å². The van der Waals surface area contributed by atoms with E-state index in [1.54, 1.807) is 0 Å². The lowest BCUT2D eigenvalue weighted by molar-refractivity contribution is -0.119. The molecule has 0 fully saturated rings. The molecule has 2 aromatic heterocycles. The van der Waals surface area contributed by atoms with Gasteiger partial charge in [0.1, 0.15) is 11.6 Å². The summed E-state index contributed by atoms with van der Waals surface area (Å²) in [7, 11) is -6.02. The van der Waals surface area contributed by atoms with Crippen molar-refractivity contribution < 1.29 is 45.3 Å². The summed E-state index contributed by atoms with van der Waals surface area (Å²) in [4.78, 5) is 39.7. The fourth-order valence-electron chi connectivity index (χ4n) is 2.95. The summed E-state index contributed by atoms with van der Waals surface area (Å²) in [5.74, 6) is -2.29. The smallest absolute Gasteiger partial charge is 0.296 e. The summed E-state index contributed by atoms with van der Waals surface area (Å²) >= 11 is 1.95. The first kappa shape index (κ1) is 31.8. The number of thioether (sulfide) groups is 2. The third-order valence-corrected chi connectivity index (χ3v) is 9.07. The molecule has 0 aliphatic carbocycles. The van der Waals surface area contributed by atoms with Gasteiger partial charge >= 0.3 is 0 Å². The van der Waals surface area contributed by atoms with E-state index in [0.29, 0.717) is 0 Å². The first-order chi connectivity index (χ1) is 17.7. The fourth-order valence-corrected chi connectivity index (χ4v) is 7.14. The molecule has 0 radical (unpaired) electrons. The predicted octanol–water partition coefficient (Wildman–Crippen LogP) is 0.656. The quantitative estimate of drug-likeness (QED) is 0.190. The molecular formula is C19H26N4O11S4. The van der Waals surface area contributed by atoms with Crippen LogP contribution in [0.1, 0.15) is 34.9 Å². The molecular weight excluding hydrogens is 588 g/mol. The van der Waals surface area contributed by atoms with E-state index in [1.807, 2.05) is 0 Å². The van der Waals surface area contributed by atoms with E-state index in [9.17, 15) is 31.5 Å². The lowest BCUT2D eigenvalue weighted by Gasteiger charge is -2.19. The molecule has 19 heteroatoms. The molecule has 0 aromatic carbocycles. The molecule has 0 saturated carbocycles. The van der Waals surface area contributed by atoms with Crippen molar-refractivity contribution in [2.24, 2.45) is 0 Å². The zero-order valence-corrected chi connectivity index (χ0v) is 23.4. The van der Waals surface area contributed by atoms with Crippen LogP contribution in [-0.4, -0.2) is 94.0 Å². The lowest BCUT2D eigenvalue weighted by Crippen LogP contribution is -2.17. The Kier molecular flexibility index (Phi) is 11.8. The second-order valence-electron chi connectivity index (χ2n) is 7.54. The summed E-state index contributed by atoms with van der Waals surface area (Å²) in [6.45, 7) is 0. The average Bonchev–Trinajstić information content (AvgIpc) is 2.81. The molecule has 2 rings (SSSR count). The van der Waals surface area contributed by atoms with Gasteiger partial charge in [0.15, 0.2) is 5.75 Å². The molecule has 4 N–H and O–H groups in total. The third-order valence-electron chi connectivity index (χ3n) is 4.65. The Morgan fingerprint density at radius 1 is 1.00 bits per heavy atom. The topological polar surface area (TPSA) is 236 Å². The molecule has 2 heterocycles. The maximum Gasteiger partial charge on any atom is 0.296 e. The minimum atomic E-state index is -4.28. The van der Waals surface area contributed by atoms with E-state index in [1.165, 1.54) is 14.2 Å². The highest BCUT2D eigenvalue weighted by Gasteiger charge is 2.26. The number of aromatic hydroxyl groups is 1. The van der Waals surface area contributed by atoms with Gasteiger partial charge < -0.3 is 14.6 Å². The van der Waals surface area contributed by atoms with Crippen LogP contribution >= 0.6 is 23.5 Å². The fraction of sp³-hybridized carbons (Fsp3) is 0.526. The standard InChI is InChI=1S/C19H26N4O11S4/c1-33-18-13(25)10-20-17(23-18)15(36-4-6-38(30,31)32)8-11(24)7-14(35-3-5-37(27,28)29)12-9-16(26)22-19(21-12)34-2/h9-10,14-15,25H,3-8H2,1-2H3,(H,21,22,26)(H,27,28,29)(H,30,31,32). The molecule has 212 valence electrons. The third kappa shape index (κ3) is 11.1. The number of hydrogen-bond acceptors (Lipinski definition) is 14. The summed E-state index contributed by atoms with van der Waals surface area (Å²) in [5.41, 5.74) is -0.430. The second kappa shape index (κ2) is 14.1. The van der Waals surface area contributed by atoms with Crippen LogP contribution in [-0.2, 0) is 25.0 Å². The number of carbonyl (C=O) groups excluding carboxylic acids is 1. The van der Waals surface area contributed by atoms with Crippen LogP contribution in [0.2, 0.25) is 0 Å². The molecule has 0 aliphatic rings. The highest BCUT2D eigenvalue weighted by Crippen LogP contribution is 2.36. The van der Waals surface area contributed by atoms with Crippen LogP contribution in [0.15, 0.2) is 17.1 Å². The van der Waals surface area contributed by atoms with E-state index in [-0.39, 0.29) is 53.5 Å². The Hall–Kier alpha value is -2.45. The van der Waals surface area contributed by atoms with Crippen molar-refractivity contribution >= 4 is 49.5 Å². The highest BCUT2D eigenvalue weighted by atomic mass is 32.2. The minimum absolute atomic E-state index is 0.0554. The Labute approximate surface area is 226 Å². The SMILES string of the molecule is COc1nc(C(CC(=O)CC(SCCS(=O)(=O)O)c2ncc(O)c(OC)n2)SCCS(=O)(=O)O)cc(=O)[nH]1. The molecule has 38 heavy (non-hydrogen) atoms. The van der Waals surface area contributed by atoms with Gasteiger partial charge in [-0.15, -0.1) is 11.8 Å². The second-order valence-corrected chi connectivity index (χ2v) is 13.3. The monoisotopic (exact) mass is 614 g/mol. The van der Waals surface area contributed by atoms with Gasteiger partial charge in [-0.3, -0.25) is 23.7 Å².